The van der Waals surface area contributed by atoms with Gasteiger partial charge in [0.25, 0.3) is 0 Å². The van der Waals surface area contributed by atoms with Crippen LogP contribution in [0.3, 0.4) is 0 Å². The van der Waals surface area contributed by atoms with Crippen LogP contribution in [0.4, 0.5) is 0 Å². The van der Waals surface area contributed by atoms with Crippen molar-refractivity contribution in [3.8, 4) is 0 Å². The van der Waals surface area contributed by atoms with Gasteiger partial charge in [-0.3, -0.25) is 9.59 Å². The molecule has 138 valence electrons. The fraction of sp³-hybridized carbons (Fsp3) is 0.571. The van der Waals surface area contributed by atoms with Crippen LogP contribution in [0.25, 0.3) is 0 Å². The highest BCUT2D eigenvalue weighted by Crippen LogP contribution is 2.46. The third-order valence-corrected chi connectivity index (χ3v) is 5.80. The molecule has 0 atom stereocenters. The second-order valence-corrected chi connectivity index (χ2v) is 7.85. The Hall–Kier alpha value is -2.17. The molecule has 0 bridgehead atoms. The number of amides is 2. The highest BCUT2D eigenvalue weighted by Gasteiger charge is 2.44. The molecule has 26 heavy (non-hydrogen) atoms. The Labute approximate surface area is 155 Å². The standard InChI is InChI=1S/C21H27N3O2/c1-23(21(16-7-8-16)17-9-10-17)19(25)11-12-20(26)24-14-13-18(22-24)15-5-3-2-4-6-15/h2-6,16-17,21H,7-14H2,1H3. The van der Waals surface area contributed by atoms with E-state index in [2.05, 4.69) is 5.10 Å². The van der Waals surface area contributed by atoms with Crippen LogP contribution in [0, 0.1) is 11.8 Å². The first-order valence-corrected chi connectivity index (χ1v) is 9.82. The molecule has 1 heterocycles. The van der Waals surface area contributed by atoms with Crippen molar-refractivity contribution in [1.29, 1.82) is 0 Å². The molecule has 4 rings (SSSR count). The van der Waals surface area contributed by atoms with Crippen molar-refractivity contribution in [3.05, 3.63) is 35.9 Å². The van der Waals surface area contributed by atoms with Crippen molar-refractivity contribution in [2.75, 3.05) is 13.6 Å². The van der Waals surface area contributed by atoms with E-state index in [1.807, 2.05) is 42.3 Å². The van der Waals surface area contributed by atoms with Crippen molar-refractivity contribution < 1.29 is 9.59 Å². The number of hydrazone groups is 1. The quantitative estimate of drug-likeness (QED) is 0.756. The number of hydrogen-bond donors (Lipinski definition) is 0. The average Bonchev–Trinajstić information content (AvgIpc) is 3.61. The van der Waals surface area contributed by atoms with Crippen LogP contribution in [0.1, 0.15) is 50.5 Å². The summed E-state index contributed by atoms with van der Waals surface area (Å²) in [4.78, 5) is 27.0. The lowest BCUT2D eigenvalue weighted by Gasteiger charge is -2.28. The highest BCUT2D eigenvalue weighted by molar-refractivity contribution is 6.02. The maximum absolute atomic E-state index is 12.6. The smallest absolute Gasteiger partial charge is 0.243 e. The molecule has 2 fully saturated rings. The number of carbonyl (C=O) groups excluding carboxylic acids is 2. The predicted molar refractivity (Wildman–Crippen MR) is 101 cm³/mol. The van der Waals surface area contributed by atoms with E-state index in [1.54, 1.807) is 0 Å². The van der Waals surface area contributed by atoms with E-state index in [0.717, 1.165) is 17.7 Å². The van der Waals surface area contributed by atoms with Gasteiger partial charge in [0, 0.05) is 32.4 Å². The van der Waals surface area contributed by atoms with Crippen LogP contribution >= 0.6 is 0 Å². The van der Waals surface area contributed by atoms with Gasteiger partial charge in [-0.2, -0.15) is 5.10 Å². The summed E-state index contributed by atoms with van der Waals surface area (Å²) in [6.07, 6.45) is 6.32. The summed E-state index contributed by atoms with van der Waals surface area (Å²) in [6, 6.07) is 10.4. The third kappa shape index (κ3) is 3.81. The molecule has 2 aliphatic carbocycles. The summed E-state index contributed by atoms with van der Waals surface area (Å²) < 4.78 is 0. The van der Waals surface area contributed by atoms with Gasteiger partial charge in [-0.05, 0) is 43.1 Å². The monoisotopic (exact) mass is 353 g/mol. The van der Waals surface area contributed by atoms with E-state index in [1.165, 1.54) is 30.7 Å². The Morgan fingerprint density at radius 3 is 2.38 bits per heavy atom. The van der Waals surface area contributed by atoms with Crippen LogP contribution in [0.2, 0.25) is 0 Å². The first-order chi connectivity index (χ1) is 12.6. The Bertz CT molecular complexity index is 695. The molecule has 3 aliphatic rings. The van der Waals surface area contributed by atoms with Crippen molar-refractivity contribution >= 4 is 17.5 Å². The SMILES string of the molecule is CN(C(=O)CCC(=O)N1CCC(c2ccccc2)=N1)C(C1CC1)C1CC1. The Morgan fingerprint density at radius 2 is 1.77 bits per heavy atom. The molecule has 1 aromatic carbocycles. The predicted octanol–water partition coefficient (Wildman–Crippen LogP) is 3.05. The molecule has 0 unspecified atom stereocenters. The summed E-state index contributed by atoms with van der Waals surface area (Å²) in [7, 11) is 1.93. The maximum atomic E-state index is 12.6. The molecule has 5 heteroatoms. The topological polar surface area (TPSA) is 53.0 Å². The lowest BCUT2D eigenvalue weighted by atomic mass is 10.1. The van der Waals surface area contributed by atoms with E-state index in [0.29, 0.717) is 24.4 Å². The van der Waals surface area contributed by atoms with E-state index in [4.69, 9.17) is 0 Å². The zero-order chi connectivity index (χ0) is 18.1. The molecule has 2 amide bonds. The largest absolute Gasteiger partial charge is 0.342 e. The van der Waals surface area contributed by atoms with Gasteiger partial charge < -0.3 is 4.90 Å². The molecule has 1 aliphatic heterocycles. The number of hydrogen-bond acceptors (Lipinski definition) is 3. The number of carbonyl (C=O) groups is 2. The van der Waals surface area contributed by atoms with Gasteiger partial charge >= 0.3 is 0 Å². The second kappa shape index (κ2) is 7.22. The fourth-order valence-electron chi connectivity index (χ4n) is 4.05. The van der Waals surface area contributed by atoms with Gasteiger partial charge in [0.05, 0.1) is 12.3 Å². The van der Waals surface area contributed by atoms with E-state index >= 15 is 0 Å². The summed E-state index contributed by atoms with van der Waals surface area (Å²) >= 11 is 0. The van der Waals surface area contributed by atoms with Crippen molar-refractivity contribution in [2.24, 2.45) is 16.9 Å². The van der Waals surface area contributed by atoms with Crippen LogP contribution in [-0.4, -0.2) is 47.1 Å². The molecule has 2 saturated carbocycles. The molecule has 1 aromatic rings. The van der Waals surface area contributed by atoms with Gasteiger partial charge in [-0.1, -0.05) is 30.3 Å². The first-order valence-electron chi connectivity index (χ1n) is 9.82. The molecule has 5 nitrogen and oxygen atoms in total. The molecule has 0 radical (unpaired) electrons. The van der Waals surface area contributed by atoms with Crippen molar-refractivity contribution in [3.63, 3.8) is 0 Å². The van der Waals surface area contributed by atoms with Crippen LogP contribution in [0.5, 0.6) is 0 Å². The maximum Gasteiger partial charge on any atom is 0.243 e. The zero-order valence-electron chi connectivity index (χ0n) is 15.4. The number of benzene rings is 1. The Morgan fingerprint density at radius 1 is 1.12 bits per heavy atom. The third-order valence-electron chi connectivity index (χ3n) is 5.80. The summed E-state index contributed by atoms with van der Waals surface area (Å²) in [5.74, 6) is 1.45. The number of nitrogens with zero attached hydrogens (tertiary/aromatic N) is 3. The molecular formula is C21H27N3O2. The Kier molecular flexibility index (Phi) is 4.79. The summed E-state index contributed by atoms with van der Waals surface area (Å²) in [6.45, 7) is 0.611. The second-order valence-electron chi connectivity index (χ2n) is 7.85. The molecule has 0 aromatic heterocycles. The molecular weight excluding hydrogens is 326 g/mol. The van der Waals surface area contributed by atoms with Gasteiger partial charge in [0.2, 0.25) is 11.8 Å². The molecule has 0 saturated heterocycles. The molecule has 0 N–H and O–H groups in total. The van der Waals surface area contributed by atoms with Crippen LogP contribution < -0.4 is 0 Å². The lowest BCUT2D eigenvalue weighted by molar-refractivity contribution is -0.137. The number of rotatable bonds is 7. The van der Waals surface area contributed by atoms with Gasteiger partial charge in [0.15, 0.2) is 0 Å². The first kappa shape index (κ1) is 17.3. The van der Waals surface area contributed by atoms with Gasteiger partial charge in [0.1, 0.15) is 0 Å². The molecule has 0 spiro atoms. The van der Waals surface area contributed by atoms with Crippen molar-refractivity contribution in [1.82, 2.24) is 9.91 Å². The van der Waals surface area contributed by atoms with Crippen molar-refractivity contribution in [2.45, 2.75) is 51.0 Å². The van der Waals surface area contributed by atoms with Gasteiger partial charge in [-0.15, -0.1) is 0 Å². The minimum atomic E-state index is -0.0490. The fourth-order valence-corrected chi connectivity index (χ4v) is 4.05. The van der Waals surface area contributed by atoms with Gasteiger partial charge in [-0.25, -0.2) is 5.01 Å². The Balaban J connectivity index is 1.30. The summed E-state index contributed by atoms with van der Waals surface area (Å²) in [5, 5.41) is 6.00. The highest BCUT2D eigenvalue weighted by atomic mass is 16.2. The van der Waals surface area contributed by atoms with E-state index in [9.17, 15) is 9.59 Å². The van der Waals surface area contributed by atoms with E-state index < -0.39 is 0 Å². The average molecular weight is 353 g/mol. The summed E-state index contributed by atoms with van der Waals surface area (Å²) in [5.41, 5.74) is 2.01. The normalized spacial score (nSPS) is 19.6. The van der Waals surface area contributed by atoms with E-state index in [-0.39, 0.29) is 24.7 Å². The minimum absolute atomic E-state index is 0.0490. The zero-order valence-corrected chi connectivity index (χ0v) is 15.4. The van der Waals surface area contributed by atoms with Crippen LogP contribution in [0.15, 0.2) is 35.4 Å². The minimum Gasteiger partial charge on any atom is -0.342 e. The van der Waals surface area contributed by atoms with Crippen LogP contribution in [-0.2, 0) is 9.59 Å². The lowest BCUT2D eigenvalue weighted by Crippen LogP contribution is -2.40.